The van der Waals surface area contributed by atoms with Crippen LogP contribution in [0.15, 0.2) is 36.4 Å². The van der Waals surface area contributed by atoms with Gasteiger partial charge in [-0.25, -0.2) is 4.39 Å². The molecule has 0 aromatic heterocycles. The van der Waals surface area contributed by atoms with E-state index >= 15 is 0 Å². The van der Waals surface area contributed by atoms with Crippen molar-refractivity contribution in [2.75, 3.05) is 5.32 Å². The predicted molar refractivity (Wildman–Crippen MR) is 86.7 cm³/mol. The third kappa shape index (κ3) is 3.69. The van der Waals surface area contributed by atoms with Crippen LogP contribution in [0.1, 0.15) is 15.9 Å². The molecule has 2 rings (SSSR count). The highest BCUT2D eigenvalue weighted by Crippen LogP contribution is 2.24. The van der Waals surface area contributed by atoms with Gasteiger partial charge in [-0.3, -0.25) is 4.79 Å². The molecule has 21 heavy (non-hydrogen) atoms. The summed E-state index contributed by atoms with van der Waals surface area (Å²) in [5, 5.41) is 2.77. The smallest absolute Gasteiger partial charge is 0.255 e. The van der Waals surface area contributed by atoms with E-state index in [0.29, 0.717) is 16.3 Å². The van der Waals surface area contributed by atoms with Gasteiger partial charge in [-0.05, 0) is 36.4 Å². The Labute approximate surface area is 135 Å². The Morgan fingerprint density at radius 3 is 2.29 bits per heavy atom. The van der Waals surface area contributed by atoms with Crippen LogP contribution >= 0.6 is 35.4 Å². The third-order valence-corrected chi connectivity index (χ3v) is 3.52. The van der Waals surface area contributed by atoms with Gasteiger partial charge in [-0.2, -0.15) is 0 Å². The fourth-order valence-electron chi connectivity index (χ4n) is 1.60. The number of nitrogens with one attached hydrogen (secondary N) is 1. The molecule has 7 heteroatoms. The average molecular weight is 343 g/mol. The van der Waals surface area contributed by atoms with E-state index in [9.17, 15) is 9.18 Å². The lowest BCUT2D eigenvalue weighted by Crippen LogP contribution is -2.13. The van der Waals surface area contributed by atoms with Gasteiger partial charge in [-0.1, -0.05) is 35.4 Å². The molecular weight excluding hydrogens is 334 g/mol. The van der Waals surface area contributed by atoms with Gasteiger partial charge in [0.1, 0.15) is 10.8 Å². The van der Waals surface area contributed by atoms with Crippen molar-refractivity contribution in [3.8, 4) is 0 Å². The molecule has 0 aliphatic rings. The molecule has 1 amide bonds. The summed E-state index contributed by atoms with van der Waals surface area (Å²) in [7, 11) is 0. The molecule has 0 aliphatic heterocycles. The first kappa shape index (κ1) is 15.7. The predicted octanol–water partition coefficient (Wildman–Crippen LogP) is 4.02. The van der Waals surface area contributed by atoms with Crippen LogP contribution in [0.5, 0.6) is 0 Å². The van der Waals surface area contributed by atoms with Crippen LogP contribution in [0.25, 0.3) is 0 Å². The molecule has 3 nitrogen and oxygen atoms in total. The first-order valence-electron chi connectivity index (χ1n) is 5.74. The first-order chi connectivity index (χ1) is 9.88. The van der Waals surface area contributed by atoms with E-state index in [2.05, 4.69) is 5.32 Å². The summed E-state index contributed by atoms with van der Waals surface area (Å²) in [6, 6.07) is 8.46. The minimum Gasteiger partial charge on any atom is -0.389 e. The van der Waals surface area contributed by atoms with E-state index in [-0.39, 0.29) is 15.6 Å². The monoisotopic (exact) mass is 342 g/mol. The van der Waals surface area contributed by atoms with Crippen molar-refractivity contribution >= 4 is 52.0 Å². The van der Waals surface area contributed by atoms with Gasteiger partial charge in [0.2, 0.25) is 0 Å². The Morgan fingerprint density at radius 1 is 1.10 bits per heavy atom. The number of carbonyl (C=O) groups excluding carboxylic acids is 1. The molecule has 3 N–H and O–H groups in total. The lowest BCUT2D eigenvalue weighted by molar-refractivity contribution is 0.102. The van der Waals surface area contributed by atoms with Crippen LogP contribution in [0.3, 0.4) is 0 Å². The number of hydrogen-bond donors (Lipinski definition) is 2. The maximum Gasteiger partial charge on any atom is 0.255 e. The van der Waals surface area contributed by atoms with Crippen molar-refractivity contribution in [2.24, 2.45) is 5.73 Å². The van der Waals surface area contributed by atoms with E-state index < -0.39 is 11.7 Å². The molecule has 0 atom stereocenters. The molecule has 0 bridgehead atoms. The normalized spacial score (nSPS) is 10.2. The van der Waals surface area contributed by atoms with Crippen molar-refractivity contribution in [3.63, 3.8) is 0 Å². The zero-order valence-electron chi connectivity index (χ0n) is 10.5. The Bertz CT molecular complexity index is 737. The molecule has 0 saturated heterocycles. The van der Waals surface area contributed by atoms with Crippen LogP contribution in [-0.2, 0) is 0 Å². The first-order valence-corrected chi connectivity index (χ1v) is 6.90. The highest BCUT2D eigenvalue weighted by atomic mass is 35.5. The summed E-state index contributed by atoms with van der Waals surface area (Å²) in [6.07, 6.45) is 0. The van der Waals surface area contributed by atoms with Gasteiger partial charge in [-0.15, -0.1) is 0 Å². The Kier molecular flexibility index (Phi) is 4.77. The number of hydrogen-bond acceptors (Lipinski definition) is 2. The van der Waals surface area contributed by atoms with Crippen molar-refractivity contribution in [2.45, 2.75) is 0 Å². The summed E-state index contributed by atoms with van der Waals surface area (Å²) >= 11 is 16.5. The molecular formula is C14H9Cl2FN2OS. The number of nitrogens with two attached hydrogens (primary N) is 1. The molecule has 108 valence electrons. The van der Waals surface area contributed by atoms with Crippen LogP contribution in [0.2, 0.25) is 10.0 Å². The van der Waals surface area contributed by atoms with Gasteiger partial charge in [0.05, 0.1) is 15.7 Å². The maximum atomic E-state index is 13.1. The Balaban J connectivity index is 2.23. The Hall–Kier alpha value is -1.69. The molecule has 0 heterocycles. The second-order valence-corrected chi connectivity index (χ2v) is 5.40. The number of rotatable bonds is 3. The van der Waals surface area contributed by atoms with Crippen molar-refractivity contribution in [1.29, 1.82) is 0 Å². The zero-order valence-corrected chi connectivity index (χ0v) is 12.8. The molecule has 2 aromatic rings. The standard InChI is InChI=1S/C14H9Cl2FN2OS/c15-9-6-8(1-3-11(9)17)14(20)19-12-4-2-7(13(18)21)5-10(12)16/h1-6H,(H2,18,21)(H,19,20). The van der Waals surface area contributed by atoms with Crippen molar-refractivity contribution < 1.29 is 9.18 Å². The van der Waals surface area contributed by atoms with Crippen molar-refractivity contribution in [1.82, 2.24) is 0 Å². The van der Waals surface area contributed by atoms with E-state index in [4.69, 9.17) is 41.2 Å². The highest BCUT2D eigenvalue weighted by Gasteiger charge is 2.11. The topological polar surface area (TPSA) is 55.1 Å². The minimum absolute atomic E-state index is 0.127. The van der Waals surface area contributed by atoms with E-state index in [1.54, 1.807) is 18.2 Å². The van der Waals surface area contributed by atoms with E-state index in [0.717, 1.165) is 6.07 Å². The fraction of sp³-hybridized carbons (Fsp3) is 0. The largest absolute Gasteiger partial charge is 0.389 e. The lowest BCUT2D eigenvalue weighted by Gasteiger charge is -2.09. The molecule has 0 aliphatic carbocycles. The number of thiocarbonyl (C=S) groups is 1. The molecule has 0 fully saturated rings. The molecule has 0 unspecified atom stereocenters. The summed E-state index contributed by atoms with van der Waals surface area (Å²) in [5.41, 5.74) is 6.70. The van der Waals surface area contributed by atoms with Gasteiger partial charge in [0.15, 0.2) is 0 Å². The van der Waals surface area contributed by atoms with E-state index in [1.165, 1.54) is 12.1 Å². The Morgan fingerprint density at radius 2 is 1.71 bits per heavy atom. The molecule has 0 saturated carbocycles. The molecule has 2 aromatic carbocycles. The number of amides is 1. The zero-order chi connectivity index (χ0) is 15.6. The van der Waals surface area contributed by atoms with Crippen LogP contribution in [0, 0.1) is 5.82 Å². The molecule has 0 radical (unpaired) electrons. The summed E-state index contributed by atoms with van der Waals surface area (Å²) in [6.45, 7) is 0. The number of anilines is 1. The van der Waals surface area contributed by atoms with Crippen LogP contribution in [-0.4, -0.2) is 10.9 Å². The van der Waals surface area contributed by atoms with E-state index in [1.807, 2.05) is 0 Å². The van der Waals surface area contributed by atoms with Gasteiger partial charge >= 0.3 is 0 Å². The highest BCUT2D eigenvalue weighted by molar-refractivity contribution is 7.80. The summed E-state index contributed by atoms with van der Waals surface area (Å²) in [5.74, 6) is -1.05. The SMILES string of the molecule is NC(=S)c1ccc(NC(=O)c2ccc(F)c(Cl)c2)c(Cl)c1. The lowest BCUT2D eigenvalue weighted by atomic mass is 10.1. The van der Waals surface area contributed by atoms with Crippen LogP contribution in [0.4, 0.5) is 10.1 Å². The third-order valence-electron chi connectivity index (χ3n) is 2.68. The van der Waals surface area contributed by atoms with Crippen LogP contribution < -0.4 is 11.1 Å². The van der Waals surface area contributed by atoms with Crippen molar-refractivity contribution in [3.05, 3.63) is 63.4 Å². The van der Waals surface area contributed by atoms with Gasteiger partial charge in [0, 0.05) is 11.1 Å². The number of benzene rings is 2. The fourth-order valence-corrected chi connectivity index (χ4v) is 2.14. The number of halogens is 3. The molecule has 0 spiro atoms. The number of carbonyl (C=O) groups is 1. The average Bonchev–Trinajstić information content (AvgIpc) is 2.43. The quantitative estimate of drug-likeness (QED) is 0.828. The summed E-state index contributed by atoms with van der Waals surface area (Å²) < 4.78 is 13.1. The minimum atomic E-state index is -0.591. The second-order valence-electron chi connectivity index (χ2n) is 4.14. The maximum absolute atomic E-state index is 13.1. The van der Waals surface area contributed by atoms with Gasteiger partial charge < -0.3 is 11.1 Å². The van der Waals surface area contributed by atoms with Gasteiger partial charge in [0.25, 0.3) is 5.91 Å². The second kappa shape index (κ2) is 6.39. The summed E-state index contributed by atoms with van der Waals surface area (Å²) in [4.78, 5) is 12.3.